The fourth-order valence-electron chi connectivity index (χ4n) is 4.91. The molecule has 0 fully saturated rings. The molecule has 3 heteroatoms. The van der Waals surface area contributed by atoms with Gasteiger partial charge >= 0.3 is 5.97 Å². The third kappa shape index (κ3) is 5.63. The highest BCUT2D eigenvalue weighted by Gasteiger charge is 2.25. The van der Waals surface area contributed by atoms with Gasteiger partial charge in [0.25, 0.3) is 0 Å². The van der Waals surface area contributed by atoms with Gasteiger partial charge in [0, 0.05) is 17.4 Å². The maximum atomic E-state index is 12.2. The van der Waals surface area contributed by atoms with Gasteiger partial charge in [-0.2, -0.15) is 0 Å². The number of carbonyl (C=O) groups is 1. The summed E-state index contributed by atoms with van der Waals surface area (Å²) in [5.74, 6) is -1.34. The molecule has 0 radical (unpaired) electrons. The van der Waals surface area contributed by atoms with Crippen LogP contribution in [0, 0.1) is 6.92 Å². The highest BCUT2D eigenvalue weighted by Crippen LogP contribution is 2.40. The smallest absolute Gasteiger partial charge is 0.339 e. The molecular weight excluding hydrogens is 432 g/mol. The Morgan fingerprint density at radius 2 is 1.34 bits per heavy atom. The monoisotopic (exact) mass is 464 g/mol. The first kappa shape index (κ1) is 24.3. The van der Waals surface area contributed by atoms with Gasteiger partial charge in [-0.3, -0.25) is 0 Å². The molecule has 4 aromatic carbocycles. The van der Waals surface area contributed by atoms with Gasteiger partial charge in [0.05, 0.1) is 0 Å². The van der Waals surface area contributed by atoms with Crippen LogP contribution < -0.4 is 0 Å². The van der Waals surface area contributed by atoms with E-state index in [0.29, 0.717) is 5.56 Å². The number of benzene rings is 4. The lowest BCUT2D eigenvalue weighted by atomic mass is 9.81. The van der Waals surface area contributed by atoms with Crippen LogP contribution in [-0.2, 0) is 6.42 Å². The molecule has 4 aromatic rings. The van der Waals surface area contributed by atoms with Crippen molar-refractivity contribution >= 4 is 5.97 Å². The summed E-state index contributed by atoms with van der Waals surface area (Å²) in [5.41, 5.74) is 6.24. The molecule has 2 N–H and O–H groups in total. The molecule has 178 valence electrons. The molecule has 0 spiro atoms. The average Bonchev–Trinajstić information content (AvgIpc) is 2.88. The van der Waals surface area contributed by atoms with E-state index in [1.165, 1.54) is 11.1 Å². The molecule has 4 rings (SSSR count). The minimum atomic E-state index is -1.11. The average molecular weight is 465 g/mol. The number of hydrogen-bond donors (Lipinski definition) is 2. The Balaban J connectivity index is 1.81. The SMILES string of the molecule is CCC(c1ccccc1)c1cc(C(CCc2ccc(C)cc2)c2ccccc2)cc(C(=O)O)c1O. The summed E-state index contributed by atoms with van der Waals surface area (Å²) in [4.78, 5) is 12.2. The number of aromatic carboxylic acids is 1. The Morgan fingerprint density at radius 3 is 1.89 bits per heavy atom. The zero-order chi connectivity index (χ0) is 24.8. The summed E-state index contributed by atoms with van der Waals surface area (Å²) < 4.78 is 0. The first-order chi connectivity index (χ1) is 17.0. The predicted molar refractivity (Wildman–Crippen MR) is 141 cm³/mol. The third-order valence-corrected chi connectivity index (χ3v) is 6.82. The maximum Gasteiger partial charge on any atom is 0.339 e. The minimum absolute atomic E-state index is 0.00299. The molecule has 0 aromatic heterocycles. The second-order valence-electron chi connectivity index (χ2n) is 9.17. The van der Waals surface area contributed by atoms with Crippen molar-refractivity contribution in [3.63, 3.8) is 0 Å². The van der Waals surface area contributed by atoms with Crippen LogP contribution in [0.2, 0.25) is 0 Å². The number of hydrogen-bond acceptors (Lipinski definition) is 2. The molecule has 0 aliphatic carbocycles. The van der Waals surface area contributed by atoms with Gasteiger partial charge < -0.3 is 10.2 Å². The van der Waals surface area contributed by atoms with Gasteiger partial charge in [-0.1, -0.05) is 103 Å². The van der Waals surface area contributed by atoms with E-state index in [2.05, 4.69) is 50.2 Å². The van der Waals surface area contributed by atoms with Crippen molar-refractivity contribution in [1.29, 1.82) is 0 Å². The second-order valence-corrected chi connectivity index (χ2v) is 9.17. The Morgan fingerprint density at radius 1 is 0.771 bits per heavy atom. The van der Waals surface area contributed by atoms with E-state index < -0.39 is 5.97 Å². The van der Waals surface area contributed by atoms with Gasteiger partial charge in [0.15, 0.2) is 0 Å². The lowest BCUT2D eigenvalue weighted by Crippen LogP contribution is -2.10. The van der Waals surface area contributed by atoms with Crippen LogP contribution >= 0.6 is 0 Å². The van der Waals surface area contributed by atoms with Crippen molar-refractivity contribution in [1.82, 2.24) is 0 Å². The van der Waals surface area contributed by atoms with E-state index in [1.54, 1.807) is 6.07 Å². The molecule has 0 saturated carbocycles. The quantitative estimate of drug-likeness (QED) is 0.267. The normalized spacial score (nSPS) is 12.7. The molecule has 0 heterocycles. The zero-order valence-electron chi connectivity index (χ0n) is 20.3. The molecule has 2 unspecified atom stereocenters. The Bertz CT molecular complexity index is 1260. The molecule has 2 atom stereocenters. The molecule has 3 nitrogen and oxygen atoms in total. The van der Waals surface area contributed by atoms with E-state index >= 15 is 0 Å². The fourth-order valence-corrected chi connectivity index (χ4v) is 4.91. The van der Waals surface area contributed by atoms with E-state index in [9.17, 15) is 15.0 Å². The van der Waals surface area contributed by atoms with Crippen molar-refractivity contribution in [2.75, 3.05) is 0 Å². The van der Waals surface area contributed by atoms with Crippen LogP contribution in [0.3, 0.4) is 0 Å². The highest BCUT2D eigenvalue weighted by atomic mass is 16.4. The first-order valence-corrected chi connectivity index (χ1v) is 12.2. The molecular formula is C32H32O3. The zero-order valence-corrected chi connectivity index (χ0v) is 20.3. The first-order valence-electron chi connectivity index (χ1n) is 12.2. The summed E-state index contributed by atoms with van der Waals surface area (Å²) in [7, 11) is 0. The number of rotatable bonds is 9. The Labute approximate surface area is 207 Å². The van der Waals surface area contributed by atoms with E-state index in [-0.39, 0.29) is 23.1 Å². The summed E-state index contributed by atoms with van der Waals surface area (Å²) in [6.07, 6.45) is 2.45. The standard InChI is InChI=1S/C32H32O3/c1-3-27(24-10-6-4-7-11-24)29-20-26(21-30(31(29)33)32(34)35)28(25-12-8-5-9-13-25)19-18-23-16-14-22(2)15-17-23/h4-17,20-21,27-28,33H,3,18-19H2,1-2H3,(H,34,35). The summed E-state index contributed by atoms with van der Waals surface area (Å²) in [6, 6.07) is 32.5. The number of carboxylic acids is 1. The largest absolute Gasteiger partial charge is 0.507 e. The van der Waals surface area contributed by atoms with E-state index in [1.807, 2.05) is 54.6 Å². The highest BCUT2D eigenvalue weighted by molar-refractivity contribution is 5.92. The van der Waals surface area contributed by atoms with Crippen LogP contribution in [0.4, 0.5) is 0 Å². The van der Waals surface area contributed by atoms with Crippen LogP contribution in [0.25, 0.3) is 0 Å². The van der Waals surface area contributed by atoms with Gasteiger partial charge in [0.1, 0.15) is 11.3 Å². The fraction of sp³-hybridized carbons (Fsp3) is 0.219. The lowest BCUT2D eigenvalue weighted by molar-refractivity contribution is 0.0693. The number of carboxylic acid groups (broad SMARTS) is 1. The molecule has 0 amide bonds. The molecule has 0 bridgehead atoms. The molecule has 0 saturated heterocycles. The van der Waals surface area contributed by atoms with Crippen LogP contribution in [0.15, 0.2) is 97.1 Å². The van der Waals surface area contributed by atoms with Gasteiger partial charge in [0.2, 0.25) is 0 Å². The van der Waals surface area contributed by atoms with Gasteiger partial charge in [-0.25, -0.2) is 4.79 Å². The topological polar surface area (TPSA) is 57.5 Å². The van der Waals surface area contributed by atoms with Crippen LogP contribution in [0.1, 0.15) is 75.3 Å². The lowest BCUT2D eigenvalue weighted by Gasteiger charge is -2.24. The number of aromatic hydroxyl groups is 1. The Kier molecular flexibility index (Phi) is 7.67. The van der Waals surface area contributed by atoms with Crippen LogP contribution in [0.5, 0.6) is 5.75 Å². The van der Waals surface area contributed by atoms with Crippen LogP contribution in [-0.4, -0.2) is 16.2 Å². The van der Waals surface area contributed by atoms with Crippen molar-refractivity contribution < 1.29 is 15.0 Å². The van der Waals surface area contributed by atoms with Gasteiger partial charge in [-0.15, -0.1) is 0 Å². The number of aryl methyl sites for hydroxylation is 2. The third-order valence-electron chi connectivity index (χ3n) is 6.82. The maximum absolute atomic E-state index is 12.2. The van der Waals surface area contributed by atoms with E-state index in [4.69, 9.17) is 0 Å². The minimum Gasteiger partial charge on any atom is -0.507 e. The van der Waals surface area contributed by atoms with Crippen molar-refractivity contribution in [3.8, 4) is 5.75 Å². The van der Waals surface area contributed by atoms with Crippen molar-refractivity contribution in [2.45, 2.75) is 44.9 Å². The summed E-state index contributed by atoms with van der Waals surface area (Å²) in [5, 5.41) is 21.0. The molecule has 35 heavy (non-hydrogen) atoms. The van der Waals surface area contributed by atoms with Gasteiger partial charge in [-0.05, 0) is 54.5 Å². The van der Waals surface area contributed by atoms with E-state index in [0.717, 1.165) is 36.0 Å². The second kappa shape index (κ2) is 11.1. The van der Waals surface area contributed by atoms with Crippen molar-refractivity contribution in [3.05, 3.63) is 136 Å². The Hall–Kier alpha value is -3.85. The summed E-state index contributed by atoms with van der Waals surface area (Å²) in [6.45, 7) is 4.15. The summed E-state index contributed by atoms with van der Waals surface area (Å²) >= 11 is 0. The molecule has 0 aliphatic heterocycles. The predicted octanol–water partition coefficient (Wildman–Crippen LogP) is 7.71. The van der Waals surface area contributed by atoms with Crippen molar-refractivity contribution in [2.24, 2.45) is 0 Å². The molecule has 0 aliphatic rings. The number of phenols is 1.